The Balaban J connectivity index is 1.53. The lowest BCUT2D eigenvalue weighted by molar-refractivity contribution is 0.194. The van der Waals surface area contributed by atoms with Gasteiger partial charge in [-0.1, -0.05) is 26.0 Å². The van der Waals surface area contributed by atoms with Gasteiger partial charge in [-0.15, -0.1) is 0 Å². The number of pyridine rings is 1. The third kappa shape index (κ3) is 5.65. The first-order valence-electron chi connectivity index (χ1n) is 12.2. The standard InChI is InChI=1S/C26H38N6O/c1-5-33-25-11-10-19(4)28-23(25)17-32-24-9-7-6-8-22(24)30-26(32)29-20-12-14-31(15-13-20)16-21(27)18(2)3/h6-11,18,20-21H,5,12-17,27H2,1-4H3,(H,29,30). The number of fused-ring (bicyclic) bond motifs is 1. The maximum Gasteiger partial charge on any atom is 0.204 e. The Morgan fingerprint density at radius 3 is 2.61 bits per heavy atom. The molecule has 1 fully saturated rings. The Hall–Kier alpha value is -2.64. The second-order valence-electron chi connectivity index (χ2n) is 9.47. The molecule has 1 aliphatic rings. The molecule has 178 valence electrons. The largest absolute Gasteiger partial charge is 0.492 e. The normalized spacial score (nSPS) is 16.4. The highest BCUT2D eigenvalue weighted by atomic mass is 16.5. The summed E-state index contributed by atoms with van der Waals surface area (Å²) in [6.07, 6.45) is 2.17. The van der Waals surface area contributed by atoms with Crippen LogP contribution >= 0.6 is 0 Å². The van der Waals surface area contributed by atoms with E-state index in [-0.39, 0.29) is 6.04 Å². The van der Waals surface area contributed by atoms with Crippen molar-refractivity contribution in [2.45, 2.75) is 59.2 Å². The SMILES string of the molecule is CCOc1ccc(C)nc1Cn1c(NC2CCN(CC(N)C(C)C)CC2)nc2ccccc21. The molecule has 1 saturated heterocycles. The molecule has 0 radical (unpaired) electrons. The van der Waals surface area contributed by atoms with Crippen molar-refractivity contribution in [3.8, 4) is 5.75 Å². The minimum atomic E-state index is 0.236. The van der Waals surface area contributed by atoms with Crippen LogP contribution in [0.3, 0.4) is 0 Å². The van der Waals surface area contributed by atoms with Crippen LogP contribution in [0.25, 0.3) is 11.0 Å². The summed E-state index contributed by atoms with van der Waals surface area (Å²) in [6.45, 7) is 12.7. The van der Waals surface area contributed by atoms with E-state index in [1.807, 2.05) is 32.0 Å². The van der Waals surface area contributed by atoms with Crippen LogP contribution in [-0.2, 0) is 6.54 Å². The van der Waals surface area contributed by atoms with Gasteiger partial charge in [0.05, 0.1) is 24.2 Å². The number of anilines is 1. The Bertz CT molecular complexity index is 1050. The second-order valence-corrected chi connectivity index (χ2v) is 9.47. The van der Waals surface area contributed by atoms with E-state index in [4.69, 9.17) is 20.4 Å². The maximum absolute atomic E-state index is 6.30. The number of benzene rings is 1. The van der Waals surface area contributed by atoms with Crippen molar-refractivity contribution in [2.24, 2.45) is 11.7 Å². The fourth-order valence-corrected chi connectivity index (χ4v) is 4.44. The molecule has 1 aliphatic heterocycles. The molecule has 0 amide bonds. The number of likely N-dealkylation sites (tertiary alicyclic amines) is 1. The van der Waals surface area contributed by atoms with Crippen LogP contribution in [0.4, 0.5) is 5.95 Å². The van der Waals surface area contributed by atoms with E-state index < -0.39 is 0 Å². The number of imidazole rings is 1. The molecule has 7 nitrogen and oxygen atoms in total. The summed E-state index contributed by atoms with van der Waals surface area (Å²) in [6, 6.07) is 12.9. The van der Waals surface area contributed by atoms with E-state index in [1.54, 1.807) is 0 Å². The first-order chi connectivity index (χ1) is 15.9. The van der Waals surface area contributed by atoms with Gasteiger partial charge in [-0.2, -0.15) is 0 Å². The fraction of sp³-hybridized carbons (Fsp3) is 0.538. The molecule has 0 aliphatic carbocycles. The lowest BCUT2D eigenvalue weighted by atomic mass is 10.0. The molecule has 3 aromatic rings. The smallest absolute Gasteiger partial charge is 0.204 e. The molecule has 1 atom stereocenters. The van der Waals surface area contributed by atoms with Crippen molar-refractivity contribution in [1.29, 1.82) is 0 Å². The number of aryl methyl sites for hydroxylation is 1. The van der Waals surface area contributed by atoms with Crippen molar-refractivity contribution in [3.63, 3.8) is 0 Å². The highest BCUT2D eigenvalue weighted by Crippen LogP contribution is 2.26. The van der Waals surface area contributed by atoms with Crippen molar-refractivity contribution in [3.05, 3.63) is 47.8 Å². The van der Waals surface area contributed by atoms with E-state index in [0.717, 1.165) is 66.6 Å². The third-order valence-electron chi connectivity index (χ3n) is 6.58. The van der Waals surface area contributed by atoms with Gasteiger partial charge in [-0.3, -0.25) is 4.98 Å². The summed E-state index contributed by atoms with van der Waals surface area (Å²) in [5.74, 6) is 2.25. The van der Waals surface area contributed by atoms with Crippen LogP contribution in [0.15, 0.2) is 36.4 Å². The quantitative estimate of drug-likeness (QED) is 0.512. The molecule has 4 rings (SSSR count). The van der Waals surface area contributed by atoms with Crippen molar-refractivity contribution in [1.82, 2.24) is 19.4 Å². The minimum absolute atomic E-state index is 0.236. The number of hydrogen-bond donors (Lipinski definition) is 2. The molecule has 3 heterocycles. The number of aromatic nitrogens is 3. The highest BCUT2D eigenvalue weighted by molar-refractivity contribution is 5.78. The predicted molar refractivity (Wildman–Crippen MR) is 135 cm³/mol. The molecular formula is C26H38N6O. The number of piperidine rings is 1. The molecule has 0 saturated carbocycles. The van der Waals surface area contributed by atoms with Gasteiger partial charge in [-0.05, 0) is 56.9 Å². The van der Waals surface area contributed by atoms with Gasteiger partial charge in [0.2, 0.25) is 5.95 Å². The Kier molecular flexibility index (Phi) is 7.50. The Morgan fingerprint density at radius 1 is 1.12 bits per heavy atom. The molecule has 7 heteroatoms. The summed E-state index contributed by atoms with van der Waals surface area (Å²) in [4.78, 5) is 12.2. The molecule has 1 unspecified atom stereocenters. The maximum atomic E-state index is 6.30. The molecule has 0 spiro atoms. The van der Waals surface area contributed by atoms with E-state index in [1.165, 1.54) is 0 Å². The summed E-state index contributed by atoms with van der Waals surface area (Å²) >= 11 is 0. The number of ether oxygens (including phenoxy) is 1. The zero-order chi connectivity index (χ0) is 23.4. The van der Waals surface area contributed by atoms with E-state index in [9.17, 15) is 0 Å². The number of nitrogens with two attached hydrogens (primary N) is 1. The van der Waals surface area contributed by atoms with Crippen molar-refractivity contribution < 1.29 is 4.74 Å². The average Bonchev–Trinajstić information content (AvgIpc) is 3.14. The second kappa shape index (κ2) is 10.5. The lowest BCUT2D eigenvalue weighted by Gasteiger charge is -2.34. The molecule has 33 heavy (non-hydrogen) atoms. The van der Waals surface area contributed by atoms with Gasteiger partial charge in [-0.25, -0.2) is 4.98 Å². The highest BCUT2D eigenvalue weighted by Gasteiger charge is 2.23. The topological polar surface area (TPSA) is 81.2 Å². The number of nitrogens with zero attached hydrogens (tertiary/aromatic N) is 4. The van der Waals surface area contributed by atoms with Crippen molar-refractivity contribution in [2.75, 3.05) is 31.6 Å². The van der Waals surface area contributed by atoms with Gasteiger partial charge in [0, 0.05) is 37.4 Å². The van der Waals surface area contributed by atoms with Crippen molar-refractivity contribution >= 4 is 17.0 Å². The number of rotatable bonds is 9. The van der Waals surface area contributed by atoms with Crippen LogP contribution in [0, 0.1) is 12.8 Å². The van der Waals surface area contributed by atoms with Crippen LogP contribution < -0.4 is 15.8 Å². The summed E-state index contributed by atoms with van der Waals surface area (Å²) < 4.78 is 8.11. The Labute approximate surface area is 197 Å². The van der Waals surface area contributed by atoms with E-state index in [0.29, 0.717) is 25.1 Å². The van der Waals surface area contributed by atoms with Crippen LogP contribution in [0.5, 0.6) is 5.75 Å². The lowest BCUT2D eigenvalue weighted by Crippen LogP contribution is -2.46. The van der Waals surface area contributed by atoms with Crippen LogP contribution in [0.2, 0.25) is 0 Å². The van der Waals surface area contributed by atoms with Gasteiger partial charge in [0.1, 0.15) is 11.4 Å². The number of nitrogens with one attached hydrogen (secondary N) is 1. The summed E-state index contributed by atoms with van der Waals surface area (Å²) in [5.41, 5.74) is 10.3. The van der Waals surface area contributed by atoms with Gasteiger partial charge in [0.15, 0.2) is 0 Å². The molecule has 1 aromatic carbocycles. The van der Waals surface area contributed by atoms with Gasteiger partial charge in [0.25, 0.3) is 0 Å². The van der Waals surface area contributed by atoms with Gasteiger partial charge < -0.3 is 25.3 Å². The average molecular weight is 451 g/mol. The molecule has 3 N–H and O–H groups in total. The molecular weight excluding hydrogens is 412 g/mol. The van der Waals surface area contributed by atoms with E-state index >= 15 is 0 Å². The monoisotopic (exact) mass is 450 g/mol. The third-order valence-corrected chi connectivity index (χ3v) is 6.58. The molecule has 2 aromatic heterocycles. The van der Waals surface area contributed by atoms with E-state index in [2.05, 4.69) is 46.8 Å². The summed E-state index contributed by atoms with van der Waals surface area (Å²) in [5, 5.41) is 3.75. The minimum Gasteiger partial charge on any atom is -0.492 e. The summed E-state index contributed by atoms with van der Waals surface area (Å²) in [7, 11) is 0. The first kappa shape index (κ1) is 23.5. The predicted octanol–water partition coefficient (Wildman–Crippen LogP) is 4.05. The molecule has 0 bridgehead atoms. The zero-order valence-electron chi connectivity index (χ0n) is 20.4. The zero-order valence-corrected chi connectivity index (χ0v) is 20.4. The van der Waals surface area contributed by atoms with Gasteiger partial charge >= 0.3 is 0 Å². The Morgan fingerprint density at radius 2 is 1.88 bits per heavy atom. The fourth-order valence-electron chi connectivity index (χ4n) is 4.44. The first-order valence-corrected chi connectivity index (χ1v) is 12.2. The number of para-hydroxylation sites is 2. The van der Waals surface area contributed by atoms with Crippen LogP contribution in [0.1, 0.15) is 45.0 Å². The van der Waals surface area contributed by atoms with Crippen LogP contribution in [-0.4, -0.2) is 57.8 Å². The number of hydrogen-bond acceptors (Lipinski definition) is 6.